The molecule has 0 aromatic heterocycles. The van der Waals surface area contributed by atoms with Crippen LogP contribution in [0.15, 0.2) is 24.3 Å². The molecule has 0 saturated carbocycles. The summed E-state index contributed by atoms with van der Waals surface area (Å²) in [6.45, 7) is 7.63. The second-order valence-electron chi connectivity index (χ2n) is 7.41. The fraction of sp³-hybridized carbons (Fsp3) is 0.632. The first-order valence-electron chi connectivity index (χ1n) is 8.66. The number of methoxy groups -OCH3 is 1. The second kappa shape index (κ2) is 7.88. The van der Waals surface area contributed by atoms with E-state index in [9.17, 15) is 4.79 Å². The van der Waals surface area contributed by atoms with Gasteiger partial charge in [-0.05, 0) is 57.7 Å². The van der Waals surface area contributed by atoms with Crippen LogP contribution in [0, 0.1) is 5.92 Å². The standard InChI is InChI=1S/C19H30N2O3/c1-19(2,3)24-18(22)21-11-7-8-14(13-21)16(12-20)15-9-5-6-10-17(15)23-4/h5-6,9-10,14,16H,7-8,11-13,20H2,1-4H3. The Hall–Kier alpha value is -1.75. The van der Waals surface area contributed by atoms with Gasteiger partial charge in [0, 0.05) is 19.0 Å². The summed E-state index contributed by atoms with van der Waals surface area (Å²) in [5, 5.41) is 0. The lowest BCUT2D eigenvalue weighted by atomic mass is 9.80. The number of nitrogens with two attached hydrogens (primary N) is 1. The Kier molecular flexibility index (Phi) is 6.10. The highest BCUT2D eigenvalue weighted by Gasteiger charge is 2.32. The molecule has 2 N–H and O–H groups in total. The molecule has 1 aliphatic heterocycles. The maximum Gasteiger partial charge on any atom is 0.410 e. The number of rotatable bonds is 4. The van der Waals surface area contributed by atoms with Crippen LogP contribution in [0.5, 0.6) is 5.75 Å². The minimum absolute atomic E-state index is 0.173. The number of ether oxygens (including phenoxy) is 2. The predicted molar refractivity (Wildman–Crippen MR) is 95.3 cm³/mol. The van der Waals surface area contributed by atoms with Crippen LogP contribution in [0.3, 0.4) is 0 Å². The van der Waals surface area contributed by atoms with Crippen molar-refractivity contribution < 1.29 is 14.3 Å². The molecule has 134 valence electrons. The first-order valence-corrected chi connectivity index (χ1v) is 8.66. The van der Waals surface area contributed by atoms with Crippen LogP contribution in [0.1, 0.15) is 45.1 Å². The van der Waals surface area contributed by atoms with E-state index in [-0.39, 0.29) is 12.0 Å². The van der Waals surface area contributed by atoms with Crippen molar-refractivity contribution in [1.29, 1.82) is 0 Å². The minimum Gasteiger partial charge on any atom is -0.496 e. The largest absolute Gasteiger partial charge is 0.496 e. The van der Waals surface area contributed by atoms with Gasteiger partial charge in [-0.2, -0.15) is 0 Å². The van der Waals surface area contributed by atoms with Gasteiger partial charge in [0.25, 0.3) is 0 Å². The fourth-order valence-corrected chi connectivity index (χ4v) is 3.38. The number of para-hydroxylation sites is 1. The van der Waals surface area contributed by atoms with Crippen molar-refractivity contribution in [3.63, 3.8) is 0 Å². The Morgan fingerprint density at radius 1 is 1.38 bits per heavy atom. The van der Waals surface area contributed by atoms with Crippen LogP contribution in [-0.2, 0) is 4.74 Å². The summed E-state index contributed by atoms with van der Waals surface area (Å²) in [6.07, 6.45) is 1.79. The van der Waals surface area contributed by atoms with E-state index in [1.807, 2.05) is 43.9 Å². The quantitative estimate of drug-likeness (QED) is 0.917. The molecule has 5 nitrogen and oxygen atoms in total. The van der Waals surface area contributed by atoms with Gasteiger partial charge in [0.05, 0.1) is 7.11 Å². The van der Waals surface area contributed by atoms with E-state index in [4.69, 9.17) is 15.2 Å². The molecule has 1 heterocycles. The molecule has 2 atom stereocenters. The third-order valence-electron chi connectivity index (χ3n) is 4.47. The van der Waals surface area contributed by atoms with Gasteiger partial charge in [0.1, 0.15) is 11.4 Å². The van der Waals surface area contributed by atoms with E-state index >= 15 is 0 Å². The second-order valence-corrected chi connectivity index (χ2v) is 7.41. The number of hydrogen-bond acceptors (Lipinski definition) is 4. The van der Waals surface area contributed by atoms with Crippen molar-refractivity contribution in [3.05, 3.63) is 29.8 Å². The van der Waals surface area contributed by atoms with Crippen molar-refractivity contribution in [2.45, 2.75) is 45.1 Å². The molecular weight excluding hydrogens is 304 g/mol. The zero-order chi connectivity index (χ0) is 17.7. The Morgan fingerprint density at radius 2 is 2.08 bits per heavy atom. The summed E-state index contributed by atoms with van der Waals surface area (Å²) in [4.78, 5) is 14.2. The maximum atomic E-state index is 12.4. The molecule has 24 heavy (non-hydrogen) atoms. The number of likely N-dealkylation sites (tertiary alicyclic amines) is 1. The zero-order valence-electron chi connectivity index (χ0n) is 15.2. The molecule has 1 aliphatic rings. The van der Waals surface area contributed by atoms with Crippen LogP contribution in [0.25, 0.3) is 0 Å². The molecule has 5 heteroatoms. The van der Waals surface area contributed by atoms with Crippen molar-refractivity contribution in [2.24, 2.45) is 11.7 Å². The highest BCUT2D eigenvalue weighted by Crippen LogP contribution is 2.36. The smallest absolute Gasteiger partial charge is 0.410 e. The van der Waals surface area contributed by atoms with E-state index in [2.05, 4.69) is 6.07 Å². The van der Waals surface area contributed by atoms with Crippen molar-refractivity contribution in [3.8, 4) is 5.75 Å². The van der Waals surface area contributed by atoms with Crippen molar-refractivity contribution in [1.82, 2.24) is 4.90 Å². The topological polar surface area (TPSA) is 64.8 Å². The lowest BCUT2D eigenvalue weighted by Crippen LogP contribution is -2.45. The molecule has 0 radical (unpaired) electrons. The van der Waals surface area contributed by atoms with Gasteiger partial charge in [0.2, 0.25) is 0 Å². The number of piperidine rings is 1. The van der Waals surface area contributed by atoms with Gasteiger partial charge in [0.15, 0.2) is 0 Å². The summed E-state index contributed by atoms with van der Waals surface area (Å²) in [7, 11) is 1.68. The van der Waals surface area contributed by atoms with E-state index in [1.54, 1.807) is 7.11 Å². The Morgan fingerprint density at radius 3 is 2.71 bits per heavy atom. The van der Waals surface area contributed by atoms with Crippen LogP contribution in [0.4, 0.5) is 4.79 Å². The lowest BCUT2D eigenvalue weighted by Gasteiger charge is -2.37. The van der Waals surface area contributed by atoms with Crippen LogP contribution in [0.2, 0.25) is 0 Å². The van der Waals surface area contributed by atoms with E-state index in [1.165, 1.54) is 0 Å². The molecule has 0 bridgehead atoms. The van der Waals surface area contributed by atoms with Gasteiger partial charge in [-0.1, -0.05) is 18.2 Å². The SMILES string of the molecule is COc1ccccc1C(CN)C1CCCN(C(=O)OC(C)(C)C)C1. The Balaban J connectivity index is 2.13. The van der Waals surface area contributed by atoms with Crippen LogP contribution in [-0.4, -0.2) is 43.3 Å². The molecule has 0 spiro atoms. The average molecular weight is 334 g/mol. The van der Waals surface area contributed by atoms with Gasteiger partial charge < -0.3 is 20.1 Å². The number of nitrogens with zero attached hydrogens (tertiary/aromatic N) is 1. The van der Waals surface area contributed by atoms with Crippen LogP contribution >= 0.6 is 0 Å². The third-order valence-corrected chi connectivity index (χ3v) is 4.47. The monoisotopic (exact) mass is 334 g/mol. The number of hydrogen-bond donors (Lipinski definition) is 1. The van der Waals surface area contributed by atoms with Gasteiger partial charge in [-0.3, -0.25) is 0 Å². The molecule has 1 aromatic carbocycles. The molecule has 0 aliphatic carbocycles. The van der Waals surface area contributed by atoms with E-state index in [0.717, 1.165) is 30.7 Å². The van der Waals surface area contributed by atoms with Gasteiger partial charge in [-0.25, -0.2) is 4.79 Å². The van der Waals surface area contributed by atoms with E-state index in [0.29, 0.717) is 19.0 Å². The van der Waals surface area contributed by atoms with E-state index < -0.39 is 5.60 Å². The average Bonchev–Trinajstić information content (AvgIpc) is 2.55. The van der Waals surface area contributed by atoms with Gasteiger partial charge in [-0.15, -0.1) is 0 Å². The molecule has 1 fully saturated rings. The number of carbonyl (C=O) groups is 1. The summed E-state index contributed by atoms with van der Waals surface area (Å²) < 4.78 is 11.0. The van der Waals surface area contributed by atoms with Crippen molar-refractivity contribution in [2.75, 3.05) is 26.7 Å². The zero-order valence-corrected chi connectivity index (χ0v) is 15.2. The number of benzene rings is 1. The third kappa shape index (κ3) is 4.63. The molecular formula is C19H30N2O3. The van der Waals surface area contributed by atoms with Gasteiger partial charge >= 0.3 is 6.09 Å². The highest BCUT2D eigenvalue weighted by molar-refractivity contribution is 5.68. The lowest BCUT2D eigenvalue weighted by molar-refractivity contribution is 0.0152. The summed E-state index contributed by atoms with van der Waals surface area (Å²) in [5.41, 5.74) is 6.74. The summed E-state index contributed by atoms with van der Waals surface area (Å²) >= 11 is 0. The minimum atomic E-state index is -0.472. The molecule has 1 amide bonds. The normalized spacial score (nSPS) is 19.7. The molecule has 2 unspecified atom stereocenters. The number of carbonyl (C=O) groups excluding carboxylic acids is 1. The highest BCUT2D eigenvalue weighted by atomic mass is 16.6. The molecule has 1 aromatic rings. The first kappa shape index (κ1) is 18.6. The molecule has 1 saturated heterocycles. The fourth-order valence-electron chi connectivity index (χ4n) is 3.38. The Bertz CT molecular complexity index is 554. The number of amides is 1. The molecule has 2 rings (SSSR count). The van der Waals surface area contributed by atoms with Crippen molar-refractivity contribution >= 4 is 6.09 Å². The predicted octanol–water partition coefficient (Wildman–Crippen LogP) is 3.38. The first-order chi connectivity index (χ1) is 11.4. The van der Waals surface area contributed by atoms with Crippen LogP contribution < -0.4 is 10.5 Å². The summed E-state index contributed by atoms with van der Waals surface area (Å²) in [6, 6.07) is 8.01. The Labute approximate surface area is 145 Å². The summed E-state index contributed by atoms with van der Waals surface area (Å²) in [5.74, 6) is 1.35. The maximum absolute atomic E-state index is 12.4.